The van der Waals surface area contributed by atoms with Crippen molar-refractivity contribution in [2.24, 2.45) is 0 Å². The van der Waals surface area contributed by atoms with Crippen LogP contribution in [0.1, 0.15) is 79.1 Å². The largest absolute Gasteiger partial charge is 1.00 e. The third-order valence-electron chi connectivity index (χ3n) is 3.72. The quantitative estimate of drug-likeness (QED) is 0.412. The Hall–Kier alpha value is 0.414. The summed E-state index contributed by atoms with van der Waals surface area (Å²) in [6.45, 7) is 8.71. The van der Waals surface area contributed by atoms with Gasteiger partial charge in [-0.2, -0.15) is 11.1 Å². The van der Waals surface area contributed by atoms with E-state index in [4.69, 9.17) is 0 Å². The molecule has 2 aliphatic rings. The van der Waals surface area contributed by atoms with Crippen molar-refractivity contribution in [2.45, 2.75) is 79.1 Å². The maximum Gasteiger partial charge on any atom is 0 e. The van der Waals surface area contributed by atoms with Gasteiger partial charge in [0.15, 0.2) is 0 Å². The molecule has 0 bridgehead atoms. The van der Waals surface area contributed by atoms with Crippen molar-refractivity contribution < 1.29 is 55.8 Å². The topological polar surface area (TPSA) is 0 Å². The standard InChI is InChI=1S/2C10H15.3ClH.V/c2*1-3-4-5-10-7-6-9(2)8-10;;;;/h2*6H,3-5,7H2,1-2H3;3*1H;/q2*-1;;;;/p-3. The van der Waals surface area contributed by atoms with Crippen molar-refractivity contribution in [3.8, 4) is 0 Å². The van der Waals surface area contributed by atoms with Crippen LogP contribution in [0.15, 0.2) is 34.4 Å². The molecule has 0 amide bonds. The van der Waals surface area contributed by atoms with E-state index in [9.17, 15) is 0 Å². The van der Waals surface area contributed by atoms with Gasteiger partial charge in [0, 0.05) is 18.6 Å². The zero-order valence-corrected chi connectivity index (χ0v) is 19.1. The Morgan fingerprint density at radius 1 is 0.750 bits per heavy atom. The molecule has 0 N–H and O–H groups in total. The predicted octanol–water partition coefficient (Wildman–Crippen LogP) is -2.48. The van der Waals surface area contributed by atoms with Crippen molar-refractivity contribution in [2.75, 3.05) is 0 Å². The molecule has 0 aromatic rings. The van der Waals surface area contributed by atoms with Crippen LogP contribution in [-0.4, -0.2) is 0 Å². The number of rotatable bonds is 6. The van der Waals surface area contributed by atoms with E-state index < -0.39 is 0 Å². The summed E-state index contributed by atoms with van der Waals surface area (Å²) in [4.78, 5) is 0. The van der Waals surface area contributed by atoms with E-state index in [-0.39, 0.29) is 55.8 Å². The molecule has 0 aromatic heterocycles. The molecule has 0 aromatic carbocycles. The summed E-state index contributed by atoms with van der Waals surface area (Å²) in [6, 6.07) is 0. The third-order valence-corrected chi connectivity index (χ3v) is 3.72. The van der Waals surface area contributed by atoms with Crippen LogP contribution in [0, 0.1) is 12.2 Å². The van der Waals surface area contributed by atoms with Gasteiger partial charge in [-0.1, -0.05) is 79.1 Å². The molecule has 0 atom stereocenters. The van der Waals surface area contributed by atoms with Crippen LogP contribution >= 0.6 is 0 Å². The van der Waals surface area contributed by atoms with Gasteiger partial charge in [0.25, 0.3) is 0 Å². The summed E-state index contributed by atoms with van der Waals surface area (Å²) in [5.74, 6) is 0. The molecule has 1 radical (unpaired) electrons. The van der Waals surface area contributed by atoms with Crippen molar-refractivity contribution in [1.82, 2.24) is 0 Å². The molecule has 141 valence electrons. The van der Waals surface area contributed by atoms with Gasteiger partial charge in [-0.15, -0.1) is 0 Å². The third kappa shape index (κ3) is 14.7. The average molecular weight is 428 g/mol. The first-order chi connectivity index (χ1) is 9.65. The first-order valence-electron chi connectivity index (χ1n) is 8.22. The summed E-state index contributed by atoms with van der Waals surface area (Å²) in [5.41, 5.74) is 5.65. The molecule has 0 saturated carbocycles. The van der Waals surface area contributed by atoms with Gasteiger partial charge in [0.1, 0.15) is 0 Å². The van der Waals surface area contributed by atoms with E-state index >= 15 is 0 Å². The zero-order valence-electron chi connectivity index (χ0n) is 15.4. The smallest absolute Gasteiger partial charge is 0 e. The van der Waals surface area contributed by atoms with Crippen molar-refractivity contribution in [3.05, 3.63) is 46.6 Å². The minimum atomic E-state index is 0. The molecular weight excluding hydrogens is 398 g/mol. The van der Waals surface area contributed by atoms with Crippen molar-refractivity contribution >= 4 is 0 Å². The first kappa shape index (κ1) is 32.1. The summed E-state index contributed by atoms with van der Waals surface area (Å²) >= 11 is 0. The van der Waals surface area contributed by atoms with Gasteiger partial charge in [0.05, 0.1) is 0 Å². The minimum Gasteiger partial charge on any atom is -1.00 e. The number of halogens is 3. The Morgan fingerprint density at radius 2 is 1.08 bits per heavy atom. The van der Waals surface area contributed by atoms with Gasteiger partial charge in [-0.05, 0) is 0 Å². The second-order valence-electron chi connectivity index (χ2n) is 5.85. The van der Waals surface area contributed by atoms with Crippen molar-refractivity contribution in [1.29, 1.82) is 0 Å². The molecule has 2 aliphatic carbocycles. The maximum atomic E-state index is 3.37. The Bertz CT molecular complexity index is 381. The average Bonchev–Trinajstić information content (AvgIpc) is 3.03. The summed E-state index contributed by atoms with van der Waals surface area (Å²) in [7, 11) is 0. The molecule has 0 aliphatic heterocycles. The molecule has 0 nitrogen and oxygen atoms in total. The fourth-order valence-electron chi connectivity index (χ4n) is 2.42. The molecule has 24 heavy (non-hydrogen) atoms. The molecule has 0 fully saturated rings. The number of unbranched alkanes of at least 4 members (excludes halogenated alkanes) is 2. The molecule has 0 spiro atoms. The van der Waals surface area contributed by atoms with Crippen LogP contribution in [0.3, 0.4) is 0 Å². The monoisotopic (exact) mass is 426 g/mol. The first-order valence-corrected chi connectivity index (χ1v) is 8.22. The summed E-state index contributed by atoms with van der Waals surface area (Å²) < 4.78 is 0. The van der Waals surface area contributed by atoms with Gasteiger partial charge in [0.2, 0.25) is 0 Å². The predicted molar refractivity (Wildman–Crippen MR) is 89.3 cm³/mol. The fraction of sp³-hybridized carbons (Fsp3) is 0.600. The maximum absolute atomic E-state index is 3.37. The Labute approximate surface area is 180 Å². The van der Waals surface area contributed by atoms with Gasteiger partial charge >= 0.3 is 0 Å². The van der Waals surface area contributed by atoms with E-state index in [1.165, 1.54) is 60.8 Å². The van der Waals surface area contributed by atoms with E-state index in [1.807, 2.05) is 0 Å². The molecule has 2 rings (SSSR count). The van der Waals surface area contributed by atoms with E-state index in [2.05, 4.69) is 52.0 Å². The molecule has 0 heterocycles. The van der Waals surface area contributed by atoms with Crippen LogP contribution in [-0.2, 0) is 18.6 Å². The second-order valence-corrected chi connectivity index (χ2v) is 5.85. The van der Waals surface area contributed by atoms with Crippen LogP contribution in [0.25, 0.3) is 0 Å². The van der Waals surface area contributed by atoms with Crippen LogP contribution in [0.2, 0.25) is 0 Å². The number of hydrogen-bond acceptors (Lipinski definition) is 0. The number of hydrogen-bond donors (Lipinski definition) is 0. The van der Waals surface area contributed by atoms with Crippen LogP contribution < -0.4 is 37.2 Å². The Balaban J connectivity index is -0.000000143. The van der Waals surface area contributed by atoms with Gasteiger partial charge in [-0.25, -0.2) is 35.5 Å². The molecule has 0 unspecified atom stereocenters. The molecule has 0 saturated heterocycles. The Morgan fingerprint density at radius 3 is 1.29 bits per heavy atom. The van der Waals surface area contributed by atoms with E-state index in [1.54, 1.807) is 0 Å². The summed E-state index contributed by atoms with van der Waals surface area (Å²) in [6.07, 6.45) is 21.3. The normalized spacial score (nSPS) is 14.2. The van der Waals surface area contributed by atoms with Gasteiger partial charge in [-0.3, -0.25) is 0 Å². The van der Waals surface area contributed by atoms with Crippen LogP contribution in [0.5, 0.6) is 0 Å². The SMILES string of the molecule is CCCCC1=[C-]C(C)=CC1.CCCCC1=[C-]C(C)=CC1.[Cl-].[Cl-].[Cl-].[V]. The summed E-state index contributed by atoms with van der Waals surface area (Å²) in [5, 5.41) is 0. The van der Waals surface area contributed by atoms with Gasteiger partial charge < -0.3 is 37.2 Å². The molecule has 4 heteroatoms. The second kappa shape index (κ2) is 19.7. The fourth-order valence-corrected chi connectivity index (χ4v) is 2.42. The van der Waals surface area contributed by atoms with Crippen molar-refractivity contribution in [3.63, 3.8) is 0 Å². The minimum absolute atomic E-state index is 0. The Kier molecular flexibility index (Phi) is 26.4. The van der Waals surface area contributed by atoms with E-state index in [0.29, 0.717) is 0 Å². The zero-order chi connectivity index (χ0) is 14.8. The van der Waals surface area contributed by atoms with E-state index in [0.717, 1.165) is 12.8 Å². The molecular formula is C20H30Cl3V-5. The van der Waals surface area contributed by atoms with Crippen LogP contribution in [0.4, 0.5) is 0 Å². The number of allylic oxidation sites excluding steroid dienone is 8.